The third kappa shape index (κ3) is 2.92. The molecule has 4 nitrogen and oxygen atoms in total. The Morgan fingerprint density at radius 2 is 2.26 bits per heavy atom. The first-order valence-electron chi connectivity index (χ1n) is 6.23. The minimum Gasteiger partial charge on any atom is -0.383 e. The number of alkyl halides is 2. The minimum absolute atomic E-state index is 0.0948. The van der Waals surface area contributed by atoms with Crippen molar-refractivity contribution in [1.82, 2.24) is 4.98 Å². The number of pyridine rings is 1. The molecule has 1 fully saturated rings. The van der Waals surface area contributed by atoms with Crippen LogP contribution < -0.4 is 11.1 Å². The van der Waals surface area contributed by atoms with Gasteiger partial charge in [-0.15, -0.1) is 0 Å². The van der Waals surface area contributed by atoms with Gasteiger partial charge in [0.1, 0.15) is 17.5 Å². The monoisotopic (exact) mass is 266 g/mol. The number of anilines is 2. The number of rotatable bonds is 5. The summed E-state index contributed by atoms with van der Waals surface area (Å²) in [6.07, 6.45) is 1.69. The van der Waals surface area contributed by atoms with Crippen molar-refractivity contribution in [3.63, 3.8) is 0 Å². The lowest BCUT2D eigenvalue weighted by atomic mass is 9.66. The van der Waals surface area contributed by atoms with Crippen LogP contribution in [0.25, 0.3) is 0 Å². The van der Waals surface area contributed by atoms with Crippen molar-refractivity contribution < 1.29 is 8.78 Å². The summed E-state index contributed by atoms with van der Waals surface area (Å²) in [5.41, 5.74) is 6.09. The molecule has 1 aromatic rings. The third-order valence-corrected chi connectivity index (χ3v) is 3.75. The molecule has 0 bridgehead atoms. The van der Waals surface area contributed by atoms with Crippen molar-refractivity contribution >= 4 is 11.5 Å². The zero-order valence-electron chi connectivity index (χ0n) is 10.5. The van der Waals surface area contributed by atoms with E-state index in [9.17, 15) is 8.78 Å². The maximum Gasteiger partial charge on any atom is 0.239 e. The summed E-state index contributed by atoms with van der Waals surface area (Å²) in [7, 11) is 0. The van der Waals surface area contributed by atoms with Gasteiger partial charge in [-0.1, -0.05) is 6.42 Å². The molecule has 0 amide bonds. The molecule has 0 aliphatic heterocycles. The number of nitrogens with zero attached hydrogens (tertiary/aromatic N) is 2. The van der Waals surface area contributed by atoms with Gasteiger partial charge in [-0.3, -0.25) is 0 Å². The van der Waals surface area contributed by atoms with Crippen LogP contribution in [0.3, 0.4) is 0 Å². The van der Waals surface area contributed by atoms with Crippen LogP contribution in [-0.4, -0.2) is 18.0 Å². The Balaban J connectivity index is 2.06. The summed E-state index contributed by atoms with van der Waals surface area (Å²) in [5.74, 6) is 0.156. The van der Waals surface area contributed by atoms with Crippen molar-refractivity contribution in [2.45, 2.75) is 32.1 Å². The van der Waals surface area contributed by atoms with E-state index in [0.29, 0.717) is 12.2 Å². The normalized spacial score (nSPS) is 16.7. The molecular weight excluding hydrogens is 250 g/mol. The van der Waals surface area contributed by atoms with Crippen LogP contribution in [-0.2, 0) is 0 Å². The first-order chi connectivity index (χ1) is 9.06. The second kappa shape index (κ2) is 5.39. The van der Waals surface area contributed by atoms with Crippen molar-refractivity contribution in [3.05, 3.63) is 17.8 Å². The first kappa shape index (κ1) is 13.5. The van der Waals surface area contributed by atoms with Crippen LogP contribution >= 0.6 is 0 Å². The summed E-state index contributed by atoms with van der Waals surface area (Å²) in [6.45, 7) is 0.440. The number of nitrogens with two attached hydrogens (primary N) is 1. The van der Waals surface area contributed by atoms with Crippen LogP contribution in [0, 0.1) is 16.7 Å². The molecule has 0 spiro atoms. The van der Waals surface area contributed by atoms with E-state index in [1.807, 2.05) is 6.07 Å². The quantitative estimate of drug-likeness (QED) is 0.859. The van der Waals surface area contributed by atoms with Crippen LogP contribution in [0.15, 0.2) is 12.3 Å². The van der Waals surface area contributed by atoms with Gasteiger partial charge in [0.15, 0.2) is 0 Å². The van der Waals surface area contributed by atoms with E-state index >= 15 is 0 Å². The average molecular weight is 266 g/mol. The molecule has 1 aromatic heterocycles. The van der Waals surface area contributed by atoms with Gasteiger partial charge in [-0.05, 0) is 24.3 Å². The van der Waals surface area contributed by atoms with Gasteiger partial charge < -0.3 is 11.1 Å². The van der Waals surface area contributed by atoms with Crippen LogP contribution in [0.2, 0.25) is 0 Å². The maximum atomic E-state index is 12.6. The second-order valence-electron chi connectivity index (χ2n) is 5.03. The molecule has 1 aliphatic carbocycles. The number of nitrogen functional groups attached to an aromatic ring is 1. The molecule has 19 heavy (non-hydrogen) atoms. The van der Waals surface area contributed by atoms with E-state index in [2.05, 4.69) is 10.3 Å². The van der Waals surface area contributed by atoms with E-state index in [-0.39, 0.29) is 23.2 Å². The molecule has 0 saturated heterocycles. The Kier molecular flexibility index (Phi) is 3.84. The number of hydrogen-bond acceptors (Lipinski definition) is 4. The number of aromatic nitrogens is 1. The SMILES string of the molecule is N#Cc1c(NCC2(CC(F)F)CCC2)ccnc1N. The van der Waals surface area contributed by atoms with E-state index in [4.69, 9.17) is 11.0 Å². The van der Waals surface area contributed by atoms with E-state index < -0.39 is 6.43 Å². The van der Waals surface area contributed by atoms with E-state index in [1.54, 1.807) is 6.07 Å². The van der Waals surface area contributed by atoms with Crippen LogP contribution in [0.1, 0.15) is 31.2 Å². The Labute approximate surface area is 110 Å². The zero-order chi connectivity index (χ0) is 13.9. The summed E-state index contributed by atoms with van der Waals surface area (Å²) < 4.78 is 25.2. The van der Waals surface area contributed by atoms with Gasteiger partial charge in [0.2, 0.25) is 6.43 Å². The summed E-state index contributed by atoms with van der Waals surface area (Å²) >= 11 is 0. The topological polar surface area (TPSA) is 74.7 Å². The predicted molar refractivity (Wildman–Crippen MR) is 68.8 cm³/mol. The standard InChI is InChI=1S/C13H16F2N4/c14-11(15)6-13(3-1-4-13)8-19-10-2-5-18-12(17)9(10)7-16/h2,5,11H,1,3-4,6,8H2,(H3,17,18,19). The van der Waals surface area contributed by atoms with Gasteiger partial charge in [-0.2, -0.15) is 5.26 Å². The average Bonchev–Trinajstić information content (AvgIpc) is 2.32. The molecule has 2 rings (SSSR count). The highest BCUT2D eigenvalue weighted by Gasteiger charge is 2.39. The molecule has 0 radical (unpaired) electrons. The van der Waals surface area contributed by atoms with Crippen LogP contribution in [0.5, 0.6) is 0 Å². The highest BCUT2D eigenvalue weighted by atomic mass is 19.3. The molecule has 1 aliphatic rings. The molecule has 3 N–H and O–H groups in total. The lowest BCUT2D eigenvalue weighted by Gasteiger charge is -2.42. The lowest BCUT2D eigenvalue weighted by molar-refractivity contribution is 0.0318. The van der Waals surface area contributed by atoms with Gasteiger partial charge in [0, 0.05) is 19.2 Å². The number of nitrogens with one attached hydrogen (secondary N) is 1. The largest absolute Gasteiger partial charge is 0.383 e. The Bertz CT molecular complexity index is 492. The molecule has 0 aromatic carbocycles. The van der Waals surface area contributed by atoms with Gasteiger partial charge in [0.05, 0.1) is 5.69 Å². The van der Waals surface area contributed by atoms with E-state index in [1.165, 1.54) is 6.20 Å². The fourth-order valence-corrected chi connectivity index (χ4v) is 2.48. The predicted octanol–water partition coefficient (Wildman–Crippen LogP) is 2.77. The third-order valence-electron chi connectivity index (χ3n) is 3.75. The fraction of sp³-hybridized carbons (Fsp3) is 0.538. The van der Waals surface area contributed by atoms with E-state index in [0.717, 1.165) is 19.3 Å². The summed E-state index contributed by atoms with van der Waals surface area (Å²) in [5, 5.41) is 12.1. The molecular formula is C13H16F2N4. The summed E-state index contributed by atoms with van der Waals surface area (Å²) in [6, 6.07) is 3.62. The lowest BCUT2D eigenvalue weighted by Crippen LogP contribution is -2.38. The van der Waals surface area contributed by atoms with Gasteiger partial charge in [0.25, 0.3) is 0 Å². The smallest absolute Gasteiger partial charge is 0.239 e. The maximum absolute atomic E-state index is 12.6. The molecule has 1 saturated carbocycles. The number of halogens is 2. The number of nitriles is 1. The molecule has 102 valence electrons. The van der Waals surface area contributed by atoms with Gasteiger partial charge in [-0.25, -0.2) is 13.8 Å². The highest BCUT2D eigenvalue weighted by molar-refractivity contribution is 5.66. The van der Waals surface area contributed by atoms with Crippen molar-refractivity contribution in [2.24, 2.45) is 5.41 Å². The van der Waals surface area contributed by atoms with Gasteiger partial charge >= 0.3 is 0 Å². The molecule has 0 unspecified atom stereocenters. The zero-order valence-corrected chi connectivity index (χ0v) is 10.5. The van der Waals surface area contributed by atoms with Crippen LogP contribution in [0.4, 0.5) is 20.3 Å². The van der Waals surface area contributed by atoms with Crippen molar-refractivity contribution in [1.29, 1.82) is 5.26 Å². The molecule has 6 heteroatoms. The van der Waals surface area contributed by atoms with Crippen molar-refractivity contribution in [3.8, 4) is 6.07 Å². The first-order valence-corrected chi connectivity index (χ1v) is 6.23. The summed E-state index contributed by atoms with van der Waals surface area (Å²) in [4.78, 5) is 3.83. The number of hydrogen-bond donors (Lipinski definition) is 2. The Hall–Kier alpha value is -1.90. The second-order valence-corrected chi connectivity index (χ2v) is 5.03. The Morgan fingerprint density at radius 1 is 1.53 bits per heavy atom. The molecule has 1 heterocycles. The fourth-order valence-electron chi connectivity index (χ4n) is 2.48. The Morgan fingerprint density at radius 3 is 2.79 bits per heavy atom. The highest BCUT2D eigenvalue weighted by Crippen LogP contribution is 2.45. The van der Waals surface area contributed by atoms with Crippen molar-refractivity contribution in [2.75, 3.05) is 17.6 Å². The molecule has 0 atom stereocenters. The minimum atomic E-state index is -2.29.